The third kappa shape index (κ3) is 5.42. The molecule has 8 heteroatoms. The van der Waals surface area contributed by atoms with Gasteiger partial charge in [-0.2, -0.15) is 5.12 Å². The number of halogens is 2. The van der Waals surface area contributed by atoms with Crippen molar-refractivity contribution >= 4 is 12.0 Å². The second-order valence-electron chi connectivity index (χ2n) is 8.35. The van der Waals surface area contributed by atoms with Crippen LogP contribution in [0.2, 0.25) is 0 Å². The van der Waals surface area contributed by atoms with E-state index in [2.05, 4.69) is 0 Å². The Kier molecular flexibility index (Phi) is 7.29. The first kappa shape index (κ1) is 24.2. The molecule has 3 aromatic rings. The van der Waals surface area contributed by atoms with Crippen LogP contribution in [0.4, 0.5) is 13.7 Å². The van der Waals surface area contributed by atoms with Crippen LogP contribution in [0, 0.1) is 5.82 Å². The fraction of sp³-hybridized carbons (Fsp3) is 0.259. The second kappa shape index (κ2) is 10.5. The molecule has 0 bridgehead atoms. The zero-order valence-electron chi connectivity index (χ0n) is 19.3. The number of benzene rings is 3. The molecule has 0 radical (unpaired) electrons. The summed E-state index contributed by atoms with van der Waals surface area (Å²) in [6.45, 7) is 2.22. The number of ether oxygens (including phenoxy) is 1. The van der Waals surface area contributed by atoms with Crippen molar-refractivity contribution in [3.05, 3.63) is 88.7 Å². The molecule has 0 fully saturated rings. The Morgan fingerprint density at radius 2 is 1.77 bits per heavy atom. The van der Waals surface area contributed by atoms with Crippen LogP contribution in [0.5, 0.6) is 5.75 Å². The number of urea groups is 1. The van der Waals surface area contributed by atoms with Crippen molar-refractivity contribution in [3.63, 3.8) is 0 Å². The van der Waals surface area contributed by atoms with Crippen molar-refractivity contribution in [2.24, 2.45) is 0 Å². The van der Waals surface area contributed by atoms with Gasteiger partial charge in [0.2, 0.25) is 0 Å². The van der Waals surface area contributed by atoms with E-state index in [0.717, 1.165) is 0 Å². The lowest BCUT2D eigenvalue weighted by Gasteiger charge is -2.32. The van der Waals surface area contributed by atoms with Crippen molar-refractivity contribution in [1.29, 1.82) is 0 Å². The Morgan fingerprint density at radius 3 is 2.49 bits per heavy atom. The van der Waals surface area contributed by atoms with Crippen LogP contribution in [-0.2, 0) is 30.7 Å². The average Bonchev–Trinajstić information content (AvgIpc) is 2.85. The summed E-state index contributed by atoms with van der Waals surface area (Å²) in [5.74, 6) is -0.864. The van der Waals surface area contributed by atoms with Crippen LogP contribution in [-0.4, -0.2) is 40.3 Å². The molecule has 3 aromatic carbocycles. The summed E-state index contributed by atoms with van der Waals surface area (Å²) < 4.78 is 35.3. The molecular weight excluding hydrogens is 454 g/mol. The predicted octanol–water partition coefficient (Wildman–Crippen LogP) is 5.38. The van der Waals surface area contributed by atoms with Crippen molar-refractivity contribution in [2.75, 3.05) is 13.2 Å². The number of carboxylic acid groups (broad SMARTS) is 1. The van der Waals surface area contributed by atoms with Crippen LogP contribution < -0.4 is 4.74 Å². The molecule has 1 aliphatic rings. The van der Waals surface area contributed by atoms with Gasteiger partial charge in [0, 0.05) is 18.7 Å². The molecule has 182 valence electrons. The van der Waals surface area contributed by atoms with Crippen LogP contribution in [0.3, 0.4) is 0 Å². The summed E-state index contributed by atoms with van der Waals surface area (Å²) in [5.41, 5.74) is 3.63. The number of carbonyl (C=O) groups excluding carboxylic acids is 1. The normalized spacial score (nSPS) is 12.7. The van der Waals surface area contributed by atoms with Crippen molar-refractivity contribution in [2.45, 2.75) is 32.9 Å². The standard InChI is InChI=1S/C27H26F2N2O4/c1-2-35-25-14-19(15-26(32)33)8-9-22(25)20-10-11-24(28)21-12-13-30(17-23(20)21)27(34)31(29)16-18-6-4-3-5-7-18/h3-11,14H,2,12-13,15-17H2,1H3,(H,32,33). The Balaban J connectivity index is 1.65. The highest BCUT2D eigenvalue weighted by Gasteiger charge is 2.29. The number of nitrogens with zero attached hydrogens (tertiary/aromatic N) is 2. The molecule has 0 saturated heterocycles. The molecule has 1 heterocycles. The first-order chi connectivity index (χ1) is 16.9. The number of rotatable bonds is 7. The van der Waals surface area contributed by atoms with Gasteiger partial charge in [-0.25, -0.2) is 9.18 Å². The van der Waals surface area contributed by atoms with Crippen LogP contribution >= 0.6 is 0 Å². The van der Waals surface area contributed by atoms with Crippen LogP contribution in [0.25, 0.3) is 11.1 Å². The van der Waals surface area contributed by atoms with Crippen molar-refractivity contribution < 1.29 is 28.3 Å². The molecule has 4 rings (SSSR count). The molecule has 0 saturated carbocycles. The summed E-state index contributed by atoms with van der Waals surface area (Å²) in [6.07, 6.45) is 0.0961. The first-order valence-electron chi connectivity index (χ1n) is 11.4. The second-order valence-corrected chi connectivity index (χ2v) is 8.35. The maximum atomic E-state index is 14.8. The molecule has 0 atom stereocenters. The number of hydrogen-bond donors (Lipinski definition) is 1. The Hall–Kier alpha value is -3.94. The highest BCUT2D eigenvalue weighted by atomic mass is 19.2. The van der Waals surface area contributed by atoms with E-state index in [4.69, 9.17) is 9.84 Å². The number of carbonyl (C=O) groups is 2. The third-order valence-corrected chi connectivity index (χ3v) is 5.99. The zero-order valence-corrected chi connectivity index (χ0v) is 19.3. The summed E-state index contributed by atoms with van der Waals surface area (Å²) in [5, 5.41) is 9.30. The monoisotopic (exact) mass is 480 g/mol. The molecule has 35 heavy (non-hydrogen) atoms. The van der Waals surface area contributed by atoms with E-state index in [9.17, 15) is 18.5 Å². The maximum Gasteiger partial charge on any atom is 0.348 e. The van der Waals surface area contributed by atoms with Gasteiger partial charge < -0.3 is 14.7 Å². The van der Waals surface area contributed by atoms with E-state index < -0.39 is 12.0 Å². The van der Waals surface area contributed by atoms with E-state index in [-0.39, 0.29) is 43.4 Å². The molecule has 0 aliphatic carbocycles. The Bertz CT molecular complexity index is 1230. The highest BCUT2D eigenvalue weighted by molar-refractivity contribution is 5.79. The van der Waals surface area contributed by atoms with E-state index in [0.29, 0.717) is 45.7 Å². The van der Waals surface area contributed by atoms with E-state index in [1.807, 2.05) is 13.0 Å². The largest absolute Gasteiger partial charge is 0.493 e. The van der Waals surface area contributed by atoms with Crippen molar-refractivity contribution in [3.8, 4) is 16.9 Å². The number of amides is 2. The lowest BCUT2D eigenvalue weighted by Crippen LogP contribution is -2.42. The SMILES string of the molecule is CCOc1cc(CC(=O)O)ccc1-c1ccc(F)c2c1CN(C(=O)N(F)Cc1ccccc1)CC2. The van der Waals surface area contributed by atoms with E-state index in [1.165, 1.54) is 11.0 Å². The number of fused-ring (bicyclic) bond motifs is 1. The minimum Gasteiger partial charge on any atom is -0.493 e. The summed E-state index contributed by atoms with van der Waals surface area (Å²) in [7, 11) is 0. The lowest BCUT2D eigenvalue weighted by molar-refractivity contribution is -0.136. The van der Waals surface area contributed by atoms with Crippen LogP contribution in [0.1, 0.15) is 29.2 Å². The van der Waals surface area contributed by atoms with Gasteiger partial charge in [-0.3, -0.25) is 4.79 Å². The quantitative estimate of drug-likeness (QED) is 0.461. The lowest BCUT2D eigenvalue weighted by atomic mass is 9.89. The summed E-state index contributed by atoms with van der Waals surface area (Å²) in [6, 6.07) is 16.2. The number of aliphatic carboxylic acids is 1. The Morgan fingerprint density at radius 1 is 1.03 bits per heavy atom. The molecule has 1 N–H and O–H groups in total. The maximum absolute atomic E-state index is 14.8. The third-order valence-electron chi connectivity index (χ3n) is 5.99. The molecule has 0 spiro atoms. The molecule has 0 aromatic heterocycles. The molecule has 6 nitrogen and oxygen atoms in total. The zero-order chi connectivity index (χ0) is 24.9. The van der Waals surface area contributed by atoms with Gasteiger partial charge >= 0.3 is 12.0 Å². The van der Waals surface area contributed by atoms with Gasteiger partial charge in [0.15, 0.2) is 0 Å². The predicted molar refractivity (Wildman–Crippen MR) is 127 cm³/mol. The fourth-order valence-electron chi connectivity index (χ4n) is 4.36. The van der Waals surface area contributed by atoms with Gasteiger partial charge in [-0.1, -0.05) is 53.0 Å². The number of hydrogen-bond acceptors (Lipinski definition) is 3. The summed E-state index contributed by atoms with van der Waals surface area (Å²) >= 11 is 0. The fourth-order valence-corrected chi connectivity index (χ4v) is 4.36. The first-order valence-corrected chi connectivity index (χ1v) is 11.4. The Labute approximate surface area is 202 Å². The average molecular weight is 481 g/mol. The van der Waals surface area contributed by atoms with Gasteiger partial charge in [-0.05, 0) is 53.3 Å². The minimum atomic E-state index is -0.959. The van der Waals surface area contributed by atoms with Gasteiger partial charge in [0.25, 0.3) is 0 Å². The van der Waals surface area contributed by atoms with Gasteiger partial charge in [-0.15, -0.1) is 0 Å². The molecular formula is C27H26F2N2O4. The topological polar surface area (TPSA) is 70.1 Å². The smallest absolute Gasteiger partial charge is 0.348 e. The van der Waals surface area contributed by atoms with Crippen molar-refractivity contribution in [1.82, 2.24) is 10.0 Å². The molecule has 1 aliphatic heterocycles. The van der Waals surface area contributed by atoms with Crippen LogP contribution in [0.15, 0.2) is 60.7 Å². The minimum absolute atomic E-state index is 0.0406. The van der Waals surface area contributed by atoms with Gasteiger partial charge in [0.05, 0.1) is 19.6 Å². The number of carboxylic acids is 1. The molecule has 0 unspecified atom stereocenters. The molecule has 2 amide bonds. The summed E-state index contributed by atoms with van der Waals surface area (Å²) in [4.78, 5) is 25.4. The van der Waals surface area contributed by atoms with E-state index in [1.54, 1.807) is 48.5 Å². The van der Waals surface area contributed by atoms with Gasteiger partial charge in [0.1, 0.15) is 11.6 Å². The highest BCUT2D eigenvalue weighted by Crippen LogP contribution is 2.38. The van der Waals surface area contributed by atoms with E-state index >= 15 is 0 Å².